The molecule has 0 aliphatic carbocycles. The number of benzene rings is 2. The average molecular weight is 513 g/mol. The van der Waals surface area contributed by atoms with Gasteiger partial charge in [-0.1, -0.05) is 29.8 Å². The molecule has 2 heterocycles. The maximum atomic E-state index is 12.4. The third-order valence-corrected chi connectivity index (χ3v) is 5.82. The Morgan fingerprint density at radius 2 is 1.77 bits per heavy atom. The number of rotatable bonds is 5. The van der Waals surface area contributed by atoms with Gasteiger partial charge in [0.2, 0.25) is 0 Å². The van der Waals surface area contributed by atoms with Gasteiger partial charge in [-0.2, -0.15) is 13.2 Å². The molecule has 8 nitrogen and oxygen atoms in total. The van der Waals surface area contributed by atoms with Crippen LogP contribution in [0, 0.1) is 0 Å². The summed E-state index contributed by atoms with van der Waals surface area (Å²) in [7, 11) is 0. The van der Waals surface area contributed by atoms with Crippen molar-refractivity contribution in [2.24, 2.45) is 0 Å². The lowest BCUT2D eigenvalue weighted by Crippen LogP contribution is -2.41. The summed E-state index contributed by atoms with van der Waals surface area (Å²) in [4.78, 5) is 38.7. The lowest BCUT2D eigenvalue weighted by Gasteiger charge is -2.32. The number of aliphatic carboxylic acids is 1. The number of likely N-dealkylation sites (tertiary alicyclic amines) is 1. The van der Waals surface area contributed by atoms with E-state index in [-0.39, 0.29) is 17.6 Å². The number of nitrogens with one attached hydrogen (secondary N) is 2. The first-order chi connectivity index (χ1) is 16.6. The summed E-state index contributed by atoms with van der Waals surface area (Å²) < 4.78 is 33.6. The molecule has 1 fully saturated rings. The Kier molecular flexibility index (Phi) is 8.57. The van der Waals surface area contributed by atoms with Gasteiger partial charge in [0.05, 0.1) is 11.0 Å². The van der Waals surface area contributed by atoms with Crippen LogP contribution >= 0.6 is 11.6 Å². The zero-order valence-electron chi connectivity index (χ0n) is 18.5. The van der Waals surface area contributed by atoms with Crippen molar-refractivity contribution in [3.05, 3.63) is 69.6 Å². The first kappa shape index (κ1) is 26.3. The first-order valence-electron chi connectivity index (χ1n) is 10.8. The lowest BCUT2D eigenvalue weighted by atomic mass is 10.0. The second-order valence-electron chi connectivity index (χ2n) is 7.96. The van der Waals surface area contributed by atoms with Crippen LogP contribution in [0.25, 0.3) is 11.0 Å². The van der Waals surface area contributed by atoms with Crippen LogP contribution in [-0.2, 0) is 4.79 Å². The van der Waals surface area contributed by atoms with Gasteiger partial charge in [0.1, 0.15) is 0 Å². The number of para-hydroxylation sites is 2. The monoisotopic (exact) mass is 512 g/mol. The van der Waals surface area contributed by atoms with Crippen molar-refractivity contribution in [2.75, 3.05) is 26.2 Å². The second-order valence-corrected chi connectivity index (χ2v) is 8.40. The highest BCUT2D eigenvalue weighted by Crippen LogP contribution is 2.24. The zero-order chi connectivity index (χ0) is 25.6. The molecular formula is C23H24ClF3N4O4. The van der Waals surface area contributed by atoms with Crippen LogP contribution in [0.2, 0.25) is 5.02 Å². The molecule has 35 heavy (non-hydrogen) atoms. The summed E-state index contributed by atoms with van der Waals surface area (Å²) in [6, 6.07) is 15.0. The van der Waals surface area contributed by atoms with Crippen LogP contribution in [0.4, 0.5) is 13.2 Å². The molecule has 0 unspecified atom stereocenters. The highest BCUT2D eigenvalue weighted by Gasteiger charge is 2.38. The van der Waals surface area contributed by atoms with Gasteiger partial charge in [-0.05, 0) is 43.2 Å². The highest BCUT2D eigenvalue weighted by atomic mass is 35.5. The van der Waals surface area contributed by atoms with Crippen molar-refractivity contribution in [1.82, 2.24) is 19.8 Å². The summed E-state index contributed by atoms with van der Waals surface area (Å²) in [6.07, 6.45) is -3.24. The molecule has 12 heteroatoms. The fourth-order valence-corrected chi connectivity index (χ4v) is 4.09. The molecule has 0 radical (unpaired) electrons. The van der Waals surface area contributed by atoms with Gasteiger partial charge in [0.25, 0.3) is 5.91 Å². The van der Waals surface area contributed by atoms with Crippen molar-refractivity contribution in [3.8, 4) is 0 Å². The number of aromatic nitrogens is 2. The molecule has 4 rings (SSSR count). The maximum absolute atomic E-state index is 12.4. The van der Waals surface area contributed by atoms with Crippen molar-refractivity contribution < 1.29 is 27.9 Å². The molecule has 1 amide bonds. The van der Waals surface area contributed by atoms with Gasteiger partial charge in [0.15, 0.2) is 0 Å². The Labute approximate surface area is 203 Å². The van der Waals surface area contributed by atoms with E-state index in [9.17, 15) is 22.8 Å². The number of H-pyrrole nitrogens is 1. The van der Waals surface area contributed by atoms with E-state index in [1.165, 1.54) is 0 Å². The SMILES string of the molecule is O=C(NCCN1CCC(n2c(=O)[nH]c3ccccc32)CC1)c1cccc(Cl)c1.O=C(O)C(F)(F)F. The molecule has 0 bridgehead atoms. The van der Waals surface area contributed by atoms with E-state index in [1.807, 2.05) is 28.8 Å². The lowest BCUT2D eigenvalue weighted by molar-refractivity contribution is -0.192. The smallest absolute Gasteiger partial charge is 0.475 e. The number of alkyl halides is 3. The summed E-state index contributed by atoms with van der Waals surface area (Å²) in [5, 5.41) is 10.6. The van der Waals surface area contributed by atoms with E-state index >= 15 is 0 Å². The van der Waals surface area contributed by atoms with Gasteiger partial charge in [-0.15, -0.1) is 0 Å². The van der Waals surface area contributed by atoms with Crippen molar-refractivity contribution in [2.45, 2.75) is 25.1 Å². The normalized spacial score (nSPS) is 14.9. The molecule has 1 aliphatic heterocycles. The number of aromatic amines is 1. The Morgan fingerprint density at radius 1 is 1.11 bits per heavy atom. The van der Waals surface area contributed by atoms with E-state index in [4.69, 9.17) is 21.5 Å². The third-order valence-electron chi connectivity index (χ3n) is 5.59. The van der Waals surface area contributed by atoms with Gasteiger partial charge >= 0.3 is 17.8 Å². The van der Waals surface area contributed by atoms with Gasteiger partial charge in [-0.25, -0.2) is 9.59 Å². The molecule has 0 spiro atoms. The first-order valence-corrected chi connectivity index (χ1v) is 11.2. The molecule has 188 valence electrons. The highest BCUT2D eigenvalue weighted by molar-refractivity contribution is 6.30. The Hall–Kier alpha value is -3.31. The second kappa shape index (κ2) is 11.4. The Balaban J connectivity index is 0.000000429. The predicted molar refractivity (Wildman–Crippen MR) is 125 cm³/mol. The van der Waals surface area contributed by atoms with Crippen molar-refractivity contribution >= 4 is 34.5 Å². The average Bonchev–Trinajstić information content (AvgIpc) is 3.15. The molecule has 2 aromatic carbocycles. The standard InChI is InChI=1S/C21H23ClN4O2.C2HF3O2/c22-16-5-3-4-15(14-16)20(27)23-10-13-25-11-8-17(9-12-25)26-19-7-2-1-6-18(19)24-21(26)28;3-2(4,5)1(6)7/h1-7,14,17H,8-13H2,(H,23,27)(H,24,28);(H,6,7). The van der Waals surface area contributed by atoms with E-state index in [1.54, 1.807) is 24.3 Å². The molecule has 0 atom stereocenters. The third kappa shape index (κ3) is 7.09. The van der Waals surface area contributed by atoms with E-state index in [0.717, 1.165) is 43.5 Å². The fourth-order valence-electron chi connectivity index (χ4n) is 3.90. The van der Waals surface area contributed by atoms with Crippen molar-refractivity contribution in [3.63, 3.8) is 0 Å². The maximum Gasteiger partial charge on any atom is 0.490 e. The summed E-state index contributed by atoms with van der Waals surface area (Å²) >= 11 is 5.93. The van der Waals surface area contributed by atoms with Crippen LogP contribution < -0.4 is 11.0 Å². The number of nitrogens with zero attached hydrogens (tertiary/aromatic N) is 2. The van der Waals surface area contributed by atoms with Gasteiger partial charge in [0, 0.05) is 42.8 Å². The number of piperidine rings is 1. The fraction of sp³-hybridized carbons (Fsp3) is 0.348. The predicted octanol–water partition coefficient (Wildman–Crippen LogP) is 3.68. The van der Waals surface area contributed by atoms with Crippen LogP contribution in [0.5, 0.6) is 0 Å². The van der Waals surface area contributed by atoms with Gasteiger partial charge in [-0.3, -0.25) is 9.36 Å². The largest absolute Gasteiger partial charge is 0.490 e. The number of carboxylic acid groups (broad SMARTS) is 1. The van der Waals surface area contributed by atoms with E-state index in [0.29, 0.717) is 17.1 Å². The van der Waals surface area contributed by atoms with Crippen LogP contribution in [0.3, 0.4) is 0 Å². The molecule has 3 N–H and O–H groups in total. The number of imidazole rings is 1. The number of fused-ring (bicyclic) bond motifs is 1. The van der Waals surface area contributed by atoms with E-state index in [2.05, 4.69) is 15.2 Å². The number of halogens is 4. The molecular weight excluding hydrogens is 489 g/mol. The number of hydrogen-bond acceptors (Lipinski definition) is 4. The minimum Gasteiger partial charge on any atom is -0.475 e. The summed E-state index contributed by atoms with van der Waals surface area (Å²) in [5.41, 5.74) is 2.40. The Morgan fingerprint density at radius 3 is 2.40 bits per heavy atom. The van der Waals surface area contributed by atoms with Crippen LogP contribution in [-0.4, -0.2) is 63.8 Å². The minimum atomic E-state index is -5.08. The number of hydrogen-bond donors (Lipinski definition) is 3. The quantitative estimate of drug-likeness (QED) is 0.483. The number of carbonyl (C=O) groups is 2. The molecule has 1 aromatic heterocycles. The summed E-state index contributed by atoms with van der Waals surface area (Å²) in [5.74, 6) is -2.87. The number of carbonyl (C=O) groups excluding carboxylic acids is 1. The molecule has 3 aromatic rings. The molecule has 1 aliphatic rings. The van der Waals surface area contributed by atoms with Crippen LogP contribution in [0.15, 0.2) is 53.3 Å². The topological polar surface area (TPSA) is 107 Å². The molecule has 0 saturated carbocycles. The number of amides is 1. The van der Waals surface area contributed by atoms with E-state index < -0.39 is 12.1 Å². The van der Waals surface area contributed by atoms with Gasteiger partial charge < -0.3 is 20.3 Å². The minimum absolute atomic E-state index is 0.0339. The van der Waals surface area contributed by atoms with Crippen LogP contribution in [0.1, 0.15) is 29.2 Å². The van der Waals surface area contributed by atoms with Crippen molar-refractivity contribution in [1.29, 1.82) is 0 Å². The molecule has 1 saturated heterocycles. The number of carboxylic acids is 1. The zero-order valence-corrected chi connectivity index (χ0v) is 19.3. The summed E-state index contributed by atoms with van der Waals surface area (Å²) in [6.45, 7) is 3.19. The Bertz CT molecular complexity index is 1230.